The van der Waals surface area contributed by atoms with Crippen LogP contribution in [0.1, 0.15) is 21.5 Å². The lowest BCUT2D eigenvalue weighted by atomic mass is 10.1. The van der Waals surface area contributed by atoms with Crippen molar-refractivity contribution < 1.29 is 23.1 Å². The van der Waals surface area contributed by atoms with Gasteiger partial charge in [-0.1, -0.05) is 12.1 Å². The number of hydrogen-bond donors (Lipinski definition) is 2. The Morgan fingerprint density at radius 3 is 2.66 bits per heavy atom. The first kappa shape index (κ1) is 21.1. The van der Waals surface area contributed by atoms with E-state index in [-0.39, 0.29) is 11.3 Å². The van der Waals surface area contributed by atoms with E-state index in [1.165, 1.54) is 30.6 Å². The Morgan fingerprint density at radius 2 is 1.91 bits per heavy atom. The van der Waals surface area contributed by atoms with Crippen LogP contribution in [-0.2, 0) is 6.18 Å². The van der Waals surface area contributed by atoms with Gasteiger partial charge < -0.3 is 10.4 Å². The Bertz CT molecular complexity index is 1300. The topological polar surface area (TPSA) is 80.0 Å². The van der Waals surface area contributed by atoms with Crippen LogP contribution >= 0.6 is 0 Å². The number of aromatic hydroxyl groups is 1. The van der Waals surface area contributed by atoms with Crippen LogP contribution in [0.3, 0.4) is 0 Å². The average molecular weight is 438 g/mol. The predicted octanol–water partition coefficient (Wildman–Crippen LogP) is 5.22. The number of carbonyl (C=O) groups excluding carboxylic acids is 1. The summed E-state index contributed by atoms with van der Waals surface area (Å²) in [6.45, 7) is 1.86. The molecule has 162 valence electrons. The highest BCUT2D eigenvalue weighted by atomic mass is 19.4. The van der Waals surface area contributed by atoms with Gasteiger partial charge in [0.1, 0.15) is 5.75 Å². The summed E-state index contributed by atoms with van der Waals surface area (Å²) in [5.74, 6) is -0.592. The molecule has 0 radical (unpaired) electrons. The van der Waals surface area contributed by atoms with Gasteiger partial charge in [-0.25, -0.2) is 4.68 Å². The zero-order valence-corrected chi connectivity index (χ0v) is 16.8. The number of carbonyl (C=O) groups is 1. The summed E-state index contributed by atoms with van der Waals surface area (Å²) in [5.41, 5.74) is 2.08. The van der Waals surface area contributed by atoms with Crippen molar-refractivity contribution in [3.05, 3.63) is 90.0 Å². The second-order valence-electron chi connectivity index (χ2n) is 7.10. The minimum atomic E-state index is -4.53. The number of aryl methyl sites for hydroxylation is 1. The number of anilines is 1. The third kappa shape index (κ3) is 4.31. The summed E-state index contributed by atoms with van der Waals surface area (Å²) >= 11 is 0. The van der Waals surface area contributed by atoms with E-state index in [0.717, 1.165) is 17.7 Å². The van der Waals surface area contributed by atoms with E-state index in [4.69, 9.17) is 0 Å². The van der Waals surface area contributed by atoms with Gasteiger partial charge in [0.25, 0.3) is 5.91 Å². The molecular weight excluding hydrogens is 421 g/mol. The lowest BCUT2D eigenvalue weighted by Crippen LogP contribution is -2.14. The summed E-state index contributed by atoms with van der Waals surface area (Å²) in [6, 6.07) is 10.8. The van der Waals surface area contributed by atoms with Crippen molar-refractivity contribution in [3.63, 3.8) is 0 Å². The number of amides is 1. The third-order valence-electron chi connectivity index (χ3n) is 4.86. The lowest BCUT2D eigenvalue weighted by molar-refractivity contribution is -0.137. The van der Waals surface area contributed by atoms with Gasteiger partial charge >= 0.3 is 6.18 Å². The summed E-state index contributed by atoms with van der Waals surface area (Å²) in [5, 5.41) is 17.0. The van der Waals surface area contributed by atoms with Crippen LogP contribution in [0.15, 0.2) is 73.3 Å². The number of benzene rings is 2. The highest BCUT2D eigenvalue weighted by Crippen LogP contribution is 2.30. The molecule has 0 unspecified atom stereocenters. The molecule has 0 saturated heterocycles. The standard InChI is InChI=1S/C23H17F3N4O2/c1-14-5-6-18(29-22(32)15-3-2-4-17(9-15)23(24,25)26)10-20(14)30-13-16(11-28-30)19-12-27-8-7-21(19)31/h2-13H,1H3,(H,27,31)(H,29,32). The van der Waals surface area contributed by atoms with Gasteiger partial charge in [-0.15, -0.1) is 0 Å². The first-order valence-corrected chi connectivity index (χ1v) is 9.50. The minimum Gasteiger partial charge on any atom is -0.507 e. The fraction of sp³-hybridized carbons (Fsp3) is 0.0870. The monoisotopic (exact) mass is 438 g/mol. The Labute approximate surface area is 181 Å². The van der Waals surface area contributed by atoms with Crippen molar-refractivity contribution in [2.24, 2.45) is 0 Å². The second kappa shape index (κ2) is 8.18. The molecule has 2 N–H and O–H groups in total. The quantitative estimate of drug-likeness (QED) is 0.458. The molecule has 1 amide bonds. The van der Waals surface area contributed by atoms with Crippen molar-refractivity contribution in [3.8, 4) is 22.6 Å². The molecule has 0 aliphatic carbocycles. The molecule has 2 aromatic heterocycles. The average Bonchev–Trinajstić information content (AvgIpc) is 3.24. The van der Waals surface area contributed by atoms with Gasteiger partial charge in [-0.3, -0.25) is 9.78 Å². The van der Waals surface area contributed by atoms with Crippen LogP contribution in [0.25, 0.3) is 16.8 Å². The molecule has 9 heteroatoms. The first-order chi connectivity index (χ1) is 15.2. The van der Waals surface area contributed by atoms with Gasteiger partial charge in [0.15, 0.2) is 0 Å². The minimum absolute atomic E-state index is 0.0679. The molecular formula is C23H17F3N4O2. The molecule has 0 bridgehead atoms. The maximum atomic E-state index is 12.9. The highest BCUT2D eigenvalue weighted by molar-refractivity contribution is 6.04. The van der Waals surface area contributed by atoms with Crippen LogP contribution in [0.2, 0.25) is 0 Å². The van der Waals surface area contributed by atoms with Gasteiger partial charge in [0.2, 0.25) is 0 Å². The SMILES string of the molecule is Cc1ccc(NC(=O)c2cccc(C(F)(F)F)c2)cc1-n1cc(-c2cnccc2O)cn1. The number of nitrogens with zero attached hydrogens (tertiary/aromatic N) is 3. The second-order valence-corrected chi connectivity index (χ2v) is 7.10. The van der Waals surface area contributed by atoms with Crippen molar-refractivity contribution in [2.45, 2.75) is 13.1 Å². The highest BCUT2D eigenvalue weighted by Gasteiger charge is 2.30. The molecule has 0 aliphatic heterocycles. The maximum Gasteiger partial charge on any atom is 0.416 e. The Morgan fingerprint density at radius 1 is 1.09 bits per heavy atom. The summed E-state index contributed by atoms with van der Waals surface area (Å²) in [4.78, 5) is 16.5. The maximum absolute atomic E-state index is 12.9. The van der Waals surface area contributed by atoms with E-state index < -0.39 is 17.6 Å². The number of hydrogen-bond acceptors (Lipinski definition) is 4. The zero-order valence-electron chi connectivity index (χ0n) is 16.8. The Kier molecular flexibility index (Phi) is 5.40. The van der Waals surface area contributed by atoms with E-state index in [1.807, 2.05) is 6.92 Å². The number of rotatable bonds is 4. The van der Waals surface area contributed by atoms with Crippen molar-refractivity contribution in [2.75, 3.05) is 5.32 Å². The fourth-order valence-electron chi connectivity index (χ4n) is 3.18. The Hall–Kier alpha value is -4.14. The molecule has 4 aromatic rings. The smallest absolute Gasteiger partial charge is 0.416 e. The molecule has 0 spiro atoms. The summed E-state index contributed by atoms with van der Waals surface area (Å²) < 4.78 is 40.4. The molecule has 0 aliphatic rings. The van der Waals surface area contributed by atoms with E-state index in [2.05, 4.69) is 15.4 Å². The first-order valence-electron chi connectivity index (χ1n) is 9.50. The normalized spacial score (nSPS) is 11.4. The van der Waals surface area contributed by atoms with Gasteiger partial charge in [-0.2, -0.15) is 18.3 Å². The molecule has 6 nitrogen and oxygen atoms in total. The number of pyridine rings is 1. The fourth-order valence-corrected chi connectivity index (χ4v) is 3.18. The van der Waals surface area contributed by atoms with Crippen LogP contribution in [0, 0.1) is 6.92 Å². The molecule has 4 rings (SSSR count). The molecule has 2 aromatic carbocycles. The number of aromatic nitrogens is 3. The molecule has 2 heterocycles. The number of nitrogens with one attached hydrogen (secondary N) is 1. The van der Waals surface area contributed by atoms with Crippen LogP contribution in [0.4, 0.5) is 18.9 Å². The largest absolute Gasteiger partial charge is 0.507 e. The van der Waals surface area contributed by atoms with Gasteiger partial charge in [0.05, 0.1) is 17.4 Å². The molecule has 0 atom stereocenters. The summed E-state index contributed by atoms with van der Waals surface area (Å²) in [7, 11) is 0. The molecule has 32 heavy (non-hydrogen) atoms. The number of halogens is 3. The van der Waals surface area contributed by atoms with Crippen LogP contribution < -0.4 is 5.32 Å². The van der Waals surface area contributed by atoms with Crippen molar-refractivity contribution in [1.82, 2.24) is 14.8 Å². The Balaban J connectivity index is 1.60. The predicted molar refractivity (Wildman–Crippen MR) is 113 cm³/mol. The van der Waals surface area contributed by atoms with E-state index in [1.54, 1.807) is 35.3 Å². The third-order valence-corrected chi connectivity index (χ3v) is 4.86. The molecule has 0 saturated carbocycles. The molecule has 0 fully saturated rings. The van der Waals surface area contributed by atoms with Crippen LogP contribution in [0.5, 0.6) is 5.75 Å². The van der Waals surface area contributed by atoms with Crippen LogP contribution in [-0.4, -0.2) is 25.8 Å². The van der Waals surface area contributed by atoms with E-state index in [9.17, 15) is 23.1 Å². The van der Waals surface area contributed by atoms with E-state index >= 15 is 0 Å². The van der Waals surface area contributed by atoms with E-state index in [0.29, 0.717) is 22.5 Å². The van der Waals surface area contributed by atoms with Crippen molar-refractivity contribution >= 4 is 11.6 Å². The van der Waals surface area contributed by atoms with Gasteiger partial charge in [-0.05, 0) is 48.9 Å². The summed E-state index contributed by atoms with van der Waals surface area (Å²) in [6.07, 6.45) is 1.74. The van der Waals surface area contributed by atoms with Gasteiger partial charge in [0, 0.05) is 41.0 Å². The number of alkyl halides is 3. The lowest BCUT2D eigenvalue weighted by Gasteiger charge is -2.12. The van der Waals surface area contributed by atoms with Crippen molar-refractivity contribution in [1.29, 1.82) is 0 Å². The zero-order chi connectivity index (χ0) is 22.9.